The molecule has 0 fully saturated rings. The molecule has 0 saturated carbocycles. The molecular formula is C14H12N4OS. The zero-order chi connectivity index (χ0) is 13.4. The fourth-order valence-electron chi connectivity index (χ4n) is 2.32. The number of thioether (sulfide) groups is 1. The summed E-state index contributed by atoms with van der Waals surface area (Å²) in [7, 11) is 0. The van der Waals surface area contributed by atoms with Gasteiger partial charge in [0.1, 0.15) is 23.7 Å². The molecule has 0 bridgehead atoms. The Morgan fingerprint density at radius 3 is 3.25 bits per heavy atom. The second-order valence-corrected chi connectivity index (χ2v) is 5.69. The van der Waals surface area contributed by atoms with E-state index in [-0.39, 0.29) is 6.10 Å². The van der Waals surface area contributed by atoms with E-state index in [0.717, 1.165) is 29.2 Å². The maximum absolute atomic E-state index is 6.04. The summed E-state index contributed by atoms with van der Waals surface area (Å²) in [5.41, 5.74) is 1.67. The van der Waals surface area contributed by atoms with Gasteiger partial charge >= 0.3 is 0 Å². The Morgan fingerprint density at radius 2 is 2.25 bits per heavy atom. The molecule has 20 heavy (non-hydrogen) atoms. The van der Waals surface area contributed by atoms with Crippen LogP contribution in [0.25, 0.3) is 11.2 Å². The Kier molecular flexibility index (Phi) is 2.81. The standard InChI is InChI=1S/C14H12N4OS/c1-2-4-13-12(3-1)19-10(7-20-13)6-18-9-17-11-5-15-8-16-14(11)18/h1-5,8-10H,6-7H2. The maximum atomic E-state index is 6.04. The van der Waals surface area contributed by atoms with Crippen molar-refractivity contribution >= 4 is 22.9 Å². The first-order valence-electron chi connectivity index (χ1n) is 6.39. The van der Waals surface area contributed by atoms with Gasteiger partial charge in [-0.15, -0.1) is 11.8 Å². The van der Waals surface area contributed by atoms with Crippen LogP contribution in [0, 0.1) is 0 Å². The van der Waals surface area contributed by atoms with Gasteiger partial charge in [0.05, 0.1) is 19.1 Å². The molecule has 0 amide bonds. The predicted molar refractivity (Wildman–Crippen MR) is 76.9 cm³/mol. The normalized spacial score (nSPS) is 17.7. The highest BCUT2D eigenvalue weighted by Gasteiger charge is 2.21. The quantitative estimate of drug-likeness (QED) is 0.723. The molecule has 1 unspecified atom stereocenters. The topological polar surface area (TPSA) is 52.8 Å². The number of rotatable bonds is 2. The van der Waals surface area contributed by atoms with Gasteiger partial charge in [-0.2, -0.15) is 0 Å². The summed E-state index contributed by atoms with van der Waals surface area (Å²) in [5, 5.41) is 0. The van der Waals surface area contributed by atoms with Crippen LogP contribution >= 0.6 is 11.8 Å². The van der Waals surface area contributed by atoms with Crippen LogP contribution in [0.5, 0.6) is 5.75 Å². The van der Waals surface area contributed by atoms with Gasteiger partial charge in [0, 0.05) is 10.6 Å². The van der Waals surface area contributed by atoms with Crippen LogP contribution in [0.3, 0.4) is 0 Å². The van der Waals surface area contributed by atoms with Crippen LogP contribution in [0.4, 0.5) is 0 Å². The van der Waals surface area contributed by atoms with Gasteiger partial charge < -0.3 is 9.30 Å². The average Bonchev–Trinajstić information content (AvgIpc) is 2.91. The number of imidazole rings is 1. The van der Waals surface area contributed by atoms with E-state index >= 15 is 0 Å². The van der Waals surface area contributed by atoms with Crippen LogP contribution in [0.15, 0.2) is 48.0 Å². The van der Waals surface area contributed by atoms with Crippen molar-refractivity contribution in [2.75, 3.05) is 5.75 Å². The first kappa shape index (κ1) is 11.7. The molecule has 3 heterocycles. The van der Waals surface area contributed by atoms with E-state index in [1.54, 1.807) is 18.9 Å². The van der Waals surface area contributed by atoms with Crippen LogP contribution in [0.2, 0.25) is 0 Å². The van der Waals surface area contributed by atoms with E-state index in [1.165, 1.54) is 4.90 Å². The fourth-order valence-corrected chi connectivity index (χ4v) is 3.29. The van der Waals surface area contributed by atoms with Crippen molar-refractivity contribution < 1.29 is 4.74 Å². The summed E-state index contributed by atoms with van der Waals surface area (Å²) < 4.78 is 8.07. The number of fused-ring (bicyclic) bond motifs is 2. The van der Waals surface area contributed by atoms with Gasteiger partial charge in [-0.05, 0) is 12.1 Å². The number of benzene rings is 1. The lowest BCUT2D eigenvalue weighted by Gasteiger charge is -2.25. The Bertz CT molecular complexity index is 758. The van der Waals surface area contributed by atoms with Crippen molar-refractivity contribution in [1.82, 2.24) is 19.5 Å². The Labute approximate surface area is 120 Å². The first-order valence-corrected chi connectivity index (χ1v) is 7.38. The average molecular weight is 284 g/mol. The zero-order valence-electron chi connectivity index (χ0n) is 10.6. The summed E-state index contributed by atoms with van der Waals surface area (Å²) >= 11 is 1.83. The molecule has 1 aliphatic heterocycles. The molecule has 6 heteroatoms. The fraction of sp³-hybridized carbons (Fsp3) is 0.214. The predicted octanol–water partition coefficient (Wildman–Crippen LogP) is 2.38. The molecule has 2 aromatic heterocycles. The third-order valence-electron chi connectivity index (χ3n) is 3.25. The number of aromatic nitrogens is 4. The van der Waals surface area contributed by atoms with Gasteiger partial charge in [0.25, 0.3) is 0 Å². The Balaban J connectivity index is 1.59. The molecule has 0 saturated heterocycles. The Hall–Kier alpha value is -2.08. The van der Waals surface area contributed by atoms with Crippen LogP contribution in [0.1, 0.15) is 0 Å². The molecular weight excluding hydrogens is 272 g/mol. The second-order valence-electron chi connectivity index (χ2n) is 4.63. The molecule has 1 aliphatic rings. The van der Waals surface area contributed by atoms with Crippen molar-refractivity contribution in [2.45, 2.75) is 17.5 Å². The molecule has 0 aliphatic carbocycles. The van der Waals surface area contributed by atoms with Crippen LogP contribution < -0.4 is 4.74 Å². The summed E-state index contributed by atoms with van der Waals surface area (Å²) in [6.07, 6.45) is 5.20. The van der Waals surface area contributed by atoms with E-state index in [4.69, 9.17) is 4.74 Å². The molecule has 4 rings (SSSR count). The summed E-state index contributed by atoms with van der Waals surface area (Å²) in [4.78, 5) is 13.8. The lowest BCUT2D eigenvalue weighted by Crippen LogP contribution is -2.28. The van der Waals surface area contributed by atoms with E-state index in [1.807, 2.05) is 34.5 Å². The summed E-state index contributed by atoms with van der Waals surface area (Å²) in [6, 6.07) is 8.15. The minimum Gasteiger partial charge on any atom is -0.487 e. The van der Waals surface area contributed by atoms with Gasteiger partial charge in [-0.25, -0.2) is 15.0 Å². The van der Waals surface area contributed by atoms with Crippen molar-refractivity contribution in [3.8, 4) is 5.75 Å². The molecule has 0 spiro atoms. The highest BCUT2D eigenvalue weighted by molar-refractivity contribution is 7.99. The second kappa shape index (κ2) is 4.79. The number of hydrogen-bond acceptors (Lipinski definition) is 5. The van der Waals surface area contributed by atoms with Crippen molar-refractivity contribution in [2.24, 2.45) is 0 Å². The molecule has 5 nitrogen and oxygen atoms in total. The molecule has 3 aromatic rings. The highest BCUT2D eigenvalue weighted by Crippen LogP contribution is 2.35. The number of ether oxygens (including phenoxy) is 1. The Morgan fingerprint density at radius 1 is 1.30 bits per heavy atom. The van der Waals surface area contributed by atoms with E-state index < -0.39 is 0 Å². The lowest BCUT2D eigenvalue weighted by atomic mass is 10.3. The molecule has 0 radical (unpaired) electrons. The lowest BCUT2D eigenvalue weighted by molar-refractivity contribution is 0.195. The SMILES string of the molecule is c1ccc2c(c1)OC(Cn1cnc3cncnc31)CS2. The summed E-state index contributed by atoms with van der Waals surface area (Å²) in [6.45, 7) is 0.745. The van der Waals surface area contributed by atoms with Gasteiger partial charge in [0.15, 0.2) is 5.65 Å². The third-order valence-corrected chi connectivity index (χ3v) is 4.44. The highest BCUT2D eigenvalue weighted by atomic mass is 32.2. The van der Waals surface area contributed by atoms with E-state index in [9.17, 15) is 0 Å². The minimum absolute atomic E-state index is 0.127. The van der Waals surface area contributed by atoms with E-state index in [2.05, 4.69) is 21.0 Å². The molecule has 1 atom stereocenters. The summed E-state index contributed by atoms with van der Waals surface area (Å²) in [5.74, 6) is 1.90. The van der Waals surface area contributed by atoms with Crippen LogP contribution in [-0.2, 0) is 6.54 Å². The largest absolute Gasteiger partial charge is 0.487 e. The van der Waals surface area contributed by atoms with Crippen molar-refractivity contribution in [3.05, 3.63) is 43.1 Å². The van der Waals surface area contributed by atoms with Gasteiger partial charge in [-0.1, -0.05) is 12.1 Å². The van der Waals surface area contributed by atoms with E-state index in [0.29, 0.717) is 0 Å². The molecule has 100 valence electrons. The monoisotopic (exact) mass is 284 g/mol. The molecule has 1 aromatic carbocycles. The maximum Gasteiger partial charge on any atom is 0.163 e. The van der Waals surface area contributed by atoms with Gasteiger partial charge in [-0.3, -0.25) is 0 Å². The minimum atomic E-state index is 0.127. The van der Waals surface area contributed by atoms with Crippen LogP contribution in [-0.4, -0.2) is 31.4 Å². The molecule has 0 N–H and O–H groups in total. The smallest absolute Gasteiger partial charge is 0.163 e. The van der Waals surface area contributed by atoms with Crippen molar-refractivity contribution in [3.63, 3.8) is 0 Å². The number of para-hydroxylation sites is 1. The van der Waals surface area contributed by atoms with Gasteiger partial charge in [0.2, 0.25) is 0 Å². The number of nitrogens with zero attached hydrogens (tertiary/aromatic N) is 4. The first-order chi connectivity index (χ1) is 9.90. The zero-order valence-corrected chi connectivity index (χ0v) is 11.5. The third kappa shape index (κ3) is 2.02. The van der Waals surface area contributed by atoms with Crippen molar-refractivity contribution in [1.29, 1.82) is 0 Å². The number of hydrogen-bond donors (Lipinski definition) is 0.